The Kier molecular flexibility index (Phi) is 4.17. The van der Waals surface area contributed by atoms with Gasteiger partial charge in [0.1, 0.15) is 0 Å². The number of rotatable bonds is 4. The molecule has 0 aliphatic rings. The van der Waals surface area contributed by atoms with Crippen molar-refractivity contribution < 1.29 is 4.92 Å². The second-order valence-electron chi connectivity index (χ2n) is 5.59. The summed E-state index contributed by atoms with van der Waals surface area (Å²) in [4.78, 5) is 38.9. The first-order valence-corrected chi connectivity index (χ1v) is 7.74. The van der Waals surface area contributed by atoms with Gasteiger partial charge in [0.05, 0.1) is 4.92 Å². The van der Waals surface area contributed by atoms with E-state index in [0.29, 0.717) is 13.0 Å². The maximum Gasteiger partial charge on any atom is 0.332 e. The molecule has 130 valence electrons. The fourth-order valence-corrected chi connectivity index (χ4v) is 2.94. The van der Waals surface area contributed by atoms with Gasteiger partial charge in [0.15, 0.2) is 11.2 Å². The zero-order valence-corrected chi connectivity index (χ0v) is 14.2. The van der Waals surface area contributed by atoms with Gasteiger partial charge in [-0.05, 0) is 23.6 Å². The summed E-state index contributed by atoms with van der Waals surface area (Å²) in [5, 5.41) is 10.9. The third kappa shape index (κ3) is 2.82. The summed E-state index contributed by atoms with van der Waals surface area (Å²) in [5.41, 5.74) is 0.178. The van der Waals surface area contributed by atoms with Gasteiger partial charge in [-0.15, -0.1) is 0 Å². The van der Waals surface area contributed by atoms with Gasteiger partial charge in [-0.3, -0.25) is 24.0 Å². The summed E-state index contributed by atoms with van der Waals surface area (Å²) >= 11 is 6.14. The number of imidazole rings is 1. The summed E-state index contributed by atoms with van der Waals surface area (Å²) in [6, 6.07) is 6.24. The number of aryl methyl sites for hydroxylation is 3. The molecule has 1 aromatic carbocycles. The fourth-order valence-electron chi connectivity index (χ4n) is 2.69. The van der Waals surface area contributed by atoms with Crippen LogP contribution in [0.5, 0.6) is 0 Å². The van der Waals surface area contributed by atoms with Crippen LogP contribution < -0.4 is 11.2 Å². The topological polar surface area (TPSA) is 105 Å². The maximum atomic E-state index is 12.4. The molecule has 0 saturated heterocycles. The smallest absolute Gasteiger partial charge is 0.308 e. The van der Waals surface area contributed by atoms with Crippen molar-refractivity contribution in [2.24, 2.45) is 14.1 Å². The number of fused-ring (bicyclic) bond motifs is 1. The van der Waals surface area contributed by atoms with Crippen molar-refractivity contribution in [2.75, 3.05) is 0 Å². The molecule has 0 fully saturated rings. The molecule has 0 unspecified atom stereocenters. The van der Waals surface area contributed by atoms with E-state index in [4.69, 9.17) is 11.6 Å². The second kappa shape index (κ2) is 6.17. The molecule has 25 heavy (non-hydrogen) atoms. The van der Waals surface area contributed by atoms with Crippen LogP contribution >= 0.6 is 11.6 Å². The van der Waals surface area contributed by atoms with E-state index in [-0.39, 0.29) is 22.1 Å². The normalized spacial score (nSPS) is 11.2. The van der Waals surface area contributed by atoms with Crippen molar-refractivity contribution in [1.29, 1.82) is 0 Å². The molecule has 0 amide bonds. The summed E-state index contributed by atoms with van der Waals surface area (Å²) in [6.45, 7) is 0.296. The summed E-state index contributed by atoms with van der Waals surface area (Å²) in [6.07, 6.45) is 0.416. The molecule has 0 spiro atoms. The van der Waals surface area contributed by atoms with Crippen LogP contribution in [0.3, 0.4) is 0 Å². The highest BCUT2D eigenvalue weighted by molar-refractivity contribution is 6.29. The molecule has 0 aliphatic heterocycles. The van der Waals surface area contributed by atoms with Gasteiger partial charge in [-0.1, -0.05) is 12.1 Å². The molecule has 2 heterocycles. The first-order valence-electron chi connectivity index (χ1n) is 7.36. The van der Waals surface area contributed by atoms with Crippen molar-refractivity contribution in [2.45, 2.75) is 13.0 Å². The van der Waals surface area contributed by atoms with Crippen LogP contribution in [0.25, 0.3) is 11.2 Å². The van der Waals surface area contributed by atoms with Crippen LogP contribution in [-0.2, 0) is 27.1 Å². The number of nitrogens with zero attached hydrogens (tertiary/aromatic N) is 5. The fraction of sp³-hybridized carbons (Fsp3) is 0.267. The van der Waals surface area contributed by atoms with Gasteiger partial charge >= 0.3 is 5.69 Å². The summed E-state index contributed by atoms with van der Waals surface area (Å²) < 4.78 is 3.76. The van der Waals surface area contributed by atoms with Gasteiger partial charge in [0.25, 0.3) is 11.2 Å². The van der Waals surface area contributed by atoms with E-state index in [0.717, 1.165) is 10.1 Å². The highest BCUT2D eigenvalue weighted by Gasteiger charge is 2.18. The van der Waals surface area contributed by atoms with Gasteiger partial charge in [-0.2, -0.15) is 4.98 Å². The Morgan fingerprint density at radius 2 is 1.96 bits per heavy atom. The molecule has 0 bridgehead atoms. The quantitative estimate of drug-likeness (QED) is 0.394. The number of benzene rings is 1. The maximum absolute atomic E-state index is 12.4. The van der Waals surface area contributed by atoms with Crippen LogP contribution in [0.2, 0.25) is 5.28 Å². The lowest BCUT2D eigenvalue weighted by molar-refractivity contribution is -0.384. The van der Waals surface area contributed by atoms with Crippen LogP contribution in [0.1, 0.15) is 5.56 Å². The van der Waals surface area contributed by atoms with Gasteiger partial charge < -0.3 is 4.57 Å². The van der Waals surface area contributed by atoms with Crippen LogP contribution in [0.4, 0.5) is 5.69 Å². The minimum absolute atomic E-state index is 0.00241. The SMILES string of the molecule is Cn1c(=O)c2c(nc(Cl)n2CCc2cccc([N+](=O)[O-])c2)n(C)c1=O. The minimum atomic E-state index is -0.489. The zero-order chi connectivity index (χ0) is 18.3. The Bertz CT molecular complexity index is 1110. The number of nitro groups is 1. The predicted molar refractivity (Wildman–Crippen MR) is 92.0 cm³/mol. The average molecular weight is 364 g/mol. The Labute approximate surface area is 145 Å². The summed E-state index contributed by atoms with van der Waals surface area (Å²) in [5.74, 6) is 0. The lowest BCUT2D eigenvalue weighted by atomic mass is 10.1. The van der Waals surface area contributed by atoms with Crippen LogP contribution in [0.15, 0.2) is 33.9 Å². The van der Waals surface area contributed by atoms with Crippen molar-refractivity contribution in [3.05, 3.63) is 66.1 Å². The molecule has 0 saturated carbocycles. The molecule has 2 aromatic heterocycles. The Balaban J connectivity index is 2.04. The number of hydrogen-bond donors (Lipinski definition) is 0. The standard InChI is InChI=1S/C15H14ClN5O4/c1-18-12-11(13(22)19(2)15(18)23)20(14(16)17-12)7-6-9-4-3-5-10(8-9)21(24)25/h3-5,8H,6-7H2,1-2H3. The minimum Gasteiger partial charge on any atom is -0.308 e. The largest absolute Gasteiger partial charge is 0.332 e. The second-order valence-corrected chi connectivity index (χ2v) is 5.93. The van der Waals surface area contributed by atoms with Crippen molar-refractivity contribution in [1.82, 2.24) is 18.7 Å². The average Bonchev–Trinajstić information content (AvgIpc) is 2.93. The lowest BCUT2D eigenvalue weighted by Gasteiger charge is -2.07. The Hall–Kier alpha value is -2.94. The predicted octanol–water partition coefficient (Wildman–Crippen LogP) is 1.24. The van der Waals surface area contributed by atoms with Gasteiger partial charge in [0.2, 0.25) is 5.28 Å². The molecule has 0 N–H and O–H groups in total. The van der Waals surface area contributed by atoms with Crippen LogP contribution in [-0.4, -0.2) is 23.6 Å². The van der Waals surface area contributed by atoms with E-state index in [1.54, 1.807) is 12.1 Å². The van der Waals surface area contributed by atoms with Crippen molar-refractivity contribution in [3.63, 3.8) is 0 Å². The molecule has 0 radical (unpaired) electrons. The molecule has 9 nitrogen and oxygen atoms in total. The Morgan fingerprint density at radius 1 is 1.24 bits per heavy atom. The van der Waals surface area contributed by atoms with E-state index < -0.39 is 16.2 Å². The molecular formula is C15H14ClN5O4. The number of non-ortho nitro benzene ring substituents is 1. The highest BCUT2D eigenvalue weighted by Crippen LogP contribution is 2.18. The lowest BCUT2D eigenvalue weighted by Crippen LogP contribution is -2.37. The van der Waals surface area contributed by atoms with Crippen molar-refractivity contribution in [3.8, 4) is 0 Å². The Morgan fingerprint density at radius 3 is 2.64 bits per heavy atom. The molecule has 3 aromatic rings. The molecule has 3 rings (SSSR count). The van der Waals surface area contributed by atoms with Crippen LogP contribution in [0, 0.1) is 10.1 Å². The third-order valence-corrected chi connectivity index (χ3v) is 4.34. The van der Waals surface area contributed by atoms with E-state index >= 15 is 0 Å². The first-order chi connectivity index (χ1) is 11.8. The van der Waals surface area contributed by atoms with E-state index in [1.807, 2.05) is 0 Å². The molecular weight excluding hydrogens is 350 g/mol. The molecule has 0 atom stereocenters. The third-order valence-electron chi connectivity index (χ3n) is 4.05. The number of nitro benzene ring substituents is 1. The number of aromatic nitrogens is 4. The first kappa shape index (κ1) is 16.9. The molecule has 0 aliphatic carbocycles. The monoisotopic (exact) mass is 363 g/mol. The van der Waals surface area contributed by atoms with Gasteiger partial charge in [0, 0.05) is 32.8 Å². The van der Waals surface area contributed by atoms with Crippen molar-refractivity contribution >= 4 is 28.5 Å². The van der Waals surface area contributed by atoms with E-state index in [9.17, 15) is 19.7 Å². The zero-order valence-electron chi connectivity index (χ0n) is 13.5. The number of hydrogen-bond acceptors (Lipinski definition) is 5. The molecule has 10 heteroatoms. The van der Waals surface area contributed by atoms with E-state index in [2.05, 4.69) is 4.98 Å². The van der Waals surface area contributed by atoms with E-state index in [1.165, 1.54) is 35.4 Å². The summed E-state index contributed by atoms with van der Waals surface area (Å²) in [7, 11) is 2.90. The van der Waals surface area contributed by atoms with Gasteiger partial charge in [-0.25, -0.2) is 4.79 Å². The highest BCUT2D eigenvalue weighted by atomic mass is 35.5. The number of halogens is 1.